The molecule has 2 unspecified atom stereocenters. The van der Waals surface area contributed by atoms with Gasteiger partial charge in [-0.1, -0.05) is 38.1 Å². The number of nitrogens with one attached hydrogen (secondary N) is 1. The van der Waals surface area contributed by atoms with Gasteiger partial charge in [0.2, 0.25) is 0 Å². The smallest absolute Gasteiger partial charge is 0.174 e. The molecule has 1 heterocycles. The number of carbonyl (C=O) groups excluding carboxylic acids is 1. The molecule has 0 radical (unpaired) electrons. The van der Waals surface area contributed by atoms with Crippen LogP contribution in [-0.2, 0) is 4.79 Å². The molecule has 168 valence electrons. The van der Waals surface area contributed by atoms with E-state index in [1.165, 1.54) is 0 Å². The Hall–Kier alpha value is -2.73. The summed E-state index contributed by atoms with van der Waals surface area (Å²) >= 11 is 5.88. The lowest BCUT2D eigenvalue weighted by molar-refractivity contribution is -0.124. The van der Waals surface area contributed by atoms with Gasteiger partial charge in [0.15, 0.2) is 5.11 Å². The Balaban J connectivity index is 1.94. The summed E-state index contributed by atoms with van der Waals surface area (Å²) in [7, 11) is 4.06. The molecule has 2 atom stereocenters. The molecule has 2 aromatic rings. The number of Topliss-reactive ketones (excluding diaryl/α,β-unsaturated/α-hetero) is 1. The molecule has 0 saturated heterocycles. The van der Waals surface area contributed by atoms with E-state index < -0.39 is 0 Å². The van der Waals surface area contributed by atoms with E-state index in [2.05, 4.69) is 59.3 Å². The van der Waals surface area contributed by atoms with Crippen LogP contribution in [0, 0.1) is 11.3 Å². The summed E-state index contributed by atoms with van der Waals surface area (Å²) in [6.45, 7) is 7.06. The molecule has 0 bridgehead atoms. The first kappa shape index (κ1) is 22.5. The van der Waals surface area contributed by atoms with Gasteiger partial charge in [0, 0.05) is 38.5 Å². The van der Waals surface area contributed by atoms with Crippen molar-refractivity contribution >= 4 is 45.9 Å². The van der Waals surface area contributed by atoms with Crippen molar-refractivity contribution in [2.24, 2.45) is 16.3 Å². The van der Waals surface area contributed by atoms with Crippen molar-refractivity contribution in [2.45, 2.75) is 39.7 Å². The molecule has 32 heavy (non-hydrogen) atoms. The second kappa shape index (κ2) is 8.66. The van der Waals surface area contributed by atoms with E-state index >= 15 is 0 Å². The van der Waals surface area contributed by atoms with E-state index in [9.17, 15) is 4.79 Å². The van der Waals surface area contributed by atoms with Crippen molar-refractivity contribution in [1.82, 2.24) is 5.32 Å². The van der Waals surface area contributed by atoms with E-state index in [-0.39, 0.29) is 23.2 Å². The standard InChI is InChI=1S/C26H32N4OS/c1-6-27-25(32)30-21-10-8-7-9-19(21)28-20-15-26(2,3)16-22(31)23(20)24(30)17-11-13-18(14-12-17)29(4)5/h7-14,23-24H,6,15-16H2,1-5H3,(H,27,32). The summed E-state index contributed by atoms with van der Waals surface area (Å²) in [5.74, 6) is -0.101. The van der Waals surface area contributed by atoms with Crippen molar-refractivity contribution in [2.75, 3.05) is 30.4 Å². The largest absolute Gasteiger partial charge is 0.378 e. The average Bonchev–Trinajstić information content (AvgIpc) is 2.87. The van der Waals surface area contributed by atoms with Gasteiger partial charge >= 0.3 is 0 Å². The lowest BCUT2D eigenvalue weighted by Crippen LogP contribution is -2.49. The fourth-order valence-electron chi connectivity index (χ4n) is 4.90. The van der Waals surface area contributed by atoms with Gasteiger partial charge in [0.25, 0.3) is 0 Å². The molecule has 5 nitrogen and oxygen atoms in total. The zero-order valence-electron chi connectivity index (χ0n) is 19.6. The Morgan fingerprint density at radius 2 is 1.84 bits per heavy atom. The SMILES string of the molecule is CCNC(=S)N1c2ccccc2N=C2CC(C)(C)CC(=O)C2C1c1ccc(N(C)C)cc1. The third kappa shape index (κ3) is 4.16. The number of benzene rings is 2. The van der Waals surface area contributed by atoms with Crippen molar-refractivity contribution in [3.05, 3.63) is 54.1 Å². The van der Waals surface area contributed by atoms with Crippen LogP contribution in [0.4, 0.5) is 17.1 Å². The molecule has 1 saturated carbocycles. The molecule has 1 aliphatic heterocycles. The molecule has 0 spiro atoms. The van der Waals surface area contributed by atoms with Crippen molar-refractivity contribution in [3.8, 4) is 0 Å². The van der Waals surface area contributed by atoms with E-state index in [1.54, 1.807) is 0 Å². The van der Waals surface area contributed by atoms with Gasteiger partial charge in [-0.15, -0.1) is 0 Å². The van der Waals surface area contributed by atoms with Crippen LogP contribution in [0.1, 0.15) is 45.2 Å². The van der Waals surface area contributed by atoms with Gasteiger partial charge in [-0.2, -0.15) is 0 Å². The summed E-state index contributed by atoms with van der Waals surface area (Å²) < 4.78 is 0. The summed E-state index contributed by atoms with van der Waals surface area (Å²) in [6, 6.07) is 16.3. The summed E-state index contributed by atoms with van der Waals surface area (Å²) in [5.41, 5.74) is 4.85. The van der Waals surface area contributed by atoms with Crippen molar-refractivity contribution in [3.63, 3.8) is 0 Å². The highest BCUT2D eigenvalue weighted by Crippen LogP contribution is 2.48. The number of carbonyl (C=O) groups is 1. The minimum Gasteiger partial charge on any atom is -0.378 e. The van der Waals surface area contributed by atoms with Crippen LogP contribution in [0.15, 0.2) is 53.5 Å². The second-order valence-corrected chi connectivity index (χ2v) is 10.1. The summed E-state index contributed by atoms with van der Waals surface area (Å²) in [6.07, 6.45) is 1.34. The number of rotatable bonds is 3. The molecule has 4 rings (SSSR count). The number of anilines is 2. The fourth-order valence-corrected chi connectivity index (χ4v) is 5.25. The molecule has 0 aromatic heterocycles. The Kier molecular flexibility index (Phi) is 6.08. The first-order valence-electron chi connectivity index (χ1n) is 11.3. The Bertz CT molecular complexity index is 1060. The maximum Gasteiger partial charge on any atom is 0.174 e. The first-order chi connectivity index (χ1) is 15.2. The van der Waals surface area contributed by atoms with Crippen LogP contribution < -0.4 is 15.1 Å². The predicted molar refractivity (Wildman–Crippen MR) is 137 cm³/mol. The normalized spacial score (nSPS) is 21.7. The Morgan fingerprint density at radius 1 is 1.16 bits per heavy atom. The van der Waals surface area contributed by atoms with E-state index in [4.69, 9.17) is 17.2 Å². The summed E-state index contributed by atoms with van der Waals surface area (Å²) in [4.78, 5) is 22.9. The highest BCUT2D eigenvalue weighted by molar-refractivity contribution is 7.80. The third-order valence-electron chi connectivity index (χ3n) is 6.32. The number of nitrogens with zero attached hydrogens (tertiary/aromatic N) is 3. The molecular weight excluding hydrogens is 416 g/mol. The molecule has 2 aromatic carbocycles. The monoisotopic (exact) mass is 448 g/mol. The first-order valence-corrected chi connectivity index (χ1v) is 11.7. The van der Waals surface area contributed by atoms with Crippen LogP contribution in [0.25, 0.3) is 0 Å². The zero-order chi connectivity index (χ0) is 23.0. The van der Waals surface area contributed by atoms with Gasteiger partial charge in [0.05, 0.1) is 23.3 Å². The molecular formula is C26H32N4OS. The van der Waals surface area contributed by atoms with Gasteiger partial charge in [0.1, 0.15) is 5.78 Å². The number of para-hydroxylation sites is 2. The number of hydrogen-bond donors (Lipinski definition) is 1. The number of thiocarbonyl (C=S) groups is 1. The fraction of sp³-hybridized carbons (Fsp3) is 0.423. The van der Waals surface area contributed by atoms with Crippen LogP contribution in [-0.4, -0.2) is 37.2 Å². The molecule has 0 amide bonds. The minimum atomic E-state index is -0.336. The summed E-state index contributed by atoms with van der Waals surface area (Å²) in [5, 5.41) is 3.95. The predicted octanol–water partition coefficient (Wildman–Crippen LogP) is 5.29. The maximum absolute atomic E-state index is 13.7. The van der Waals surface area contributed by atoms with E-state index in [0.29, 0.717) is 18.1 Å². The van der Waals surface area contributed by atoms with Crippen molar-refractivity contribution in [1.29, 1.82) is 0 Å². The number of hydrogen-bond acceptors (Lipinski definition) is 4. The van der Waals surface area contributed by atoms with Crippen LogP contribution in [0.5, 0.6) is 0 Å². The Labute approximate surface area is 196 Å². The molecule has 1 fully saturated rings. The van der Waals surface area contributed by atoms with E-state index in [0.717, 1.165) is 34.8 Å². The number of fused-ring (bicyclic) bond motifs is 2. The van der Waals surface area contributed by atoms with Gasteiger partial charge < -0.3 is 15.1 Å². The third-order valence-corrected chi connectivity index (χ3v) is 6.66. The van der Waals surface area contributed by atoms with Crippen LogP contribution >= 0.6 is 12.2 Å². The quantitative estimate of drug-likeness (QED) is 0.647. The maximum atomic E-state index is 13.7. The molecule has 6 heteroatoms. The Morgan fingerprint density at radius 3 is 2.50 bits per heavy atom. The molecule has 1 N–H and O–H groups in total. The zero-order valence-corrected chi connectivity index (χ0v) is 20.4. The van der Waals surface area contributed by atoms with E-state index in [1.807, 2.05) is 39.2 Å². The molecule has 2 aliphatic rings. The number of aliphatic imine (C=N–C) groups is 1. The topological polar surface area (TPSA) is 47.9 Å². The van der Waals surface area contributed by atoms with Crippen molar-refractivity contribution < 1.29 is 4.79 Å². The second-order valence-electron chi connectivity index (χ2n) is 9.69. The number of ketones is 1. The molecule has 1 aliphatic carbocycles. The minimum absolute atomic E-state index is 0.0992. The lowest BCUT2D eigenvalue weighted by Gasteiger charge is -2.41. The van der Waals surface area contributed by atoms with Gasteiger partial charge in [-0.05, 0) is 60.8 Å². The highest BCUT2D eigenvalue weighted by Gasteiger charge is 2.47. The van der Waals surface area contributed by atoms with Gasteiger partial charge in [-0.3, -0.25) is 9.79 Å². The van der Waals surface area contributed by atoms with Crippen LogP contribution in [0.3, 0.4) is 0 Å². The average molecular weight is 449 g/mol. The van der Waals surface area contributed by atoms with Gasteiger partial charge in [-0.25, -0.2) is 0 Å². The highest BCUT2D eigenvalue weighted by atomic mass is 32.1. The lowest BCUT2D eigenvalue weighted by atomic mass is 9.68. The van der Waals surface area contributed by atoms with Crippen LogP contribution in [0.2, 0.25) is 0 Å².